The summed E-state index contributed by atoms with van der Waals surface area (Å²) in [5.41, 5.74) is 5.49. The summed E-state index contributed by atoms with van der Waals surface area (Å²) in [5.74, 6) is 0. The molecule has 1 fully saturated rings. The average Bonchev–Trinajstić information content (AvgIpc) is 2.54. The Morgan fingerprint density at radius 2 is 2.13 bits per heavy atom. The van der Waals surface area contributed by atoms with Crippen LogP contribution in [0.3, 0.4) is 0 Å². The Labute approximate surface area is 99.2 Å². The van der Waals surface area contributed by atoms with Crippen molar-refractivity contribution in [3.05, 3.63) is 0 Å². The van der Waals surface area contributed by atoms with Gasteiger partial charge in [0.25, 0.3) is 0 Å². The molecule has 0 bridgehead atoms. The summed E-state index contributed by atoms with van der Waals surface area (Å²) >= 11 is 4.88. The monoisotopic (exact) mass is 228 g/mol. The lowest BCUT2D eigenvalue weighted by Crippen LogP contribution is -2.35. The van der Waals surface area contributed by atoms with Crippen LogP contribution in [0, 0.1) is 0 Å². The van der Waals surface area contributed by atoms with E-state index in [2.05, 4.69) is 18.7 Å². The second-order valence-electron chi connectivity index (χ2n) is 4.65. The molecular formula is C12H24N2S. The number of rotatable bonds is 6. The Kier molecular flexibility index (Phi) is 5.54. The maximum Gasteiger partial charge on any atom is 0.0727 e. The first-order valence-corrected chi connectivity index (χ1v) is 6.60. The summed E-state index contributed by atoms with van der Waals surface area (Å²) in [6.45, 7) is 5.87. The summed E-state index contributed by atoms with van der Waals surface area (Å²) in [4.78, 5) is 3.33. The highest BCUT2D eigenvalue weighted by Gasteiger charge is 2.28. The molecule has 2 atom stereocenters. The highest BCUT2D eigenvalue weighted by atomic mass is 32.1. The van der Waals surface area contributed by atoms with E-state index in [4.69, 9.17) is 18.0 Å². The van der Waals surface area contributed by atoms with Gasteiger partial charge in [0.15, 0.2) is 0 Å². The molecule has 0 aromatic carbocycles. The van der Waals surface area contributed by atoms with Gasteiger partial charge in [0.2, 0.25) is 0 Å². The maximum absolute atomic E-state index is 5.49. The van der Waals surface area contributed by atoms with Gasteiger partial charge in [0.05, 0.1) is 4.99 Å². The molecule has 1 aliphatic heterocycles. The molecule has 1 heterocycles. The first-order valence-electron chi connectivity index (χ1n) is 6.19. The molecule has 0 aliphatic carbocycles. The fourth-order valence-corrected chi connectivity index (χ4v) is 2.70. The van der Waals surface area contributed by atoms with Gasteiger partial charge in [-0.05, 0) is 52.0 Å². The van der Waals surface area contributed by atoms with Crippen molar-refractivity contribution in [1.82, 2.24) is 4.90 Å². The molecule has 1 saturated heterocycles. The van der Waals surface area contributed by atoms with Gasteiger partial charge in [-0.25, -0.2) is 0 Å². The predicted octanol–water partition coefficient (Wildman–Crippen LogP) is 2.71. The molecule has 3 heteroatoms. The number of nitrogens with two attached hydrogens (primary N) is 1. The molecule has 1 rings (SSSR count). The molecule has 2 unspecified atom stereocenters. The van der Waals surface area contributed by atoms with Crippen LogP contribution in [0.25, 0.3) is 0 Å². The van der Waals surface area contributed by atoms with Crippen molar-refractivity contribution < 1.29 is 0 Å². The average molecular weight is 228 g/mol. The summed E-state index contributed by atoms with van der Waals surface area (Å²) in [6.07, 6.45) is 7.34. The van der Waals surface area contributed by atoms with E-state index in [9.17, 15) is 0 Å². The summed E-state index contributed by atoms with van der Waals surface area (Å²) in [6, 6.07) is 1.60. The molecule has 0 saturated carbocycles. The molecule has 0 amide bonds. The van der Waals surface area contributed by atoms with Gasteiger partial charge in [0.1, 0.15) is 0 Å². The third-order valence-corrected chi connectivity index (χ3v) is 3.72. The lowest BCUT2D eigenvalue weighted by Gasteiger charge is -2.27. The zero-order valence-corrected chi connectivity index (χ0v) is 10.9. The molecule has 2 nitrogen and oxygen atoms in total. The van der Waals surface area contributed by atoms with Crippen LogP contribution in [0.2, 0.25) is 0 Å². The highest BCUT2D eigenvalue weighted by Crippen LogP contribution is 2.26. The summed E-state index contributed by atoms with van der Waals surface area (Å²) in [7, 11) is 0. The van der Waals surface area contributed by atoms with Crippen molar-refractivity contribution in [1.29, 1.82) is 0 Å². The molecule has 0 aromatic heterocycles. The van der Waals surface area contributed by atoms with Crippen LogP contribution in [0.4, 0.5) is 0 Å². The molecular weight excluding hydrogens is 204 g/mol. The number of nitrogens with zero attached hydrogens (tertiary/aromatic N) is 1. The van der Waals surface area contributed by atoms with Crippen LogP contribution >= 0.6 is 12.2 Å². The second-order valence-corrected chi connectivity index (χ2v) is 5.17. The van der Waals surface area contributed by atoms with Crippen LogP contribution in [0.15, 0.2) is 0 Å². The summed E-state index contributed by atoms with van der Waals surface area (Å²) < 4.78 is 0. The van der Waals surface area contributed by atoms with E-state index in [1.165, 1.54) is 32.2 Å². The molecule has 88 valence electrons. The van der Waals surface area contributed by atoms with E-state index in [-0.39, 0.29) is 0 Å². The SMILES string of the molecule is CCC1CCC(C)N1CCCCC(N)=S. The minimum atomic E-state index is 0.663. The molecule has 0 spiro atoms. The normalized spacial score (nSPS) is 27.1. The van der Waals surface area contributed by atoms with Gasteiger partial charge in [-0.15, -0.1) is 0 Å². The van der Waals surface area contributed by atoms with Gasteiger partial charge in [-0.2, -0.15) is 0 Å². The molecule has 0 radical (unpaired) electrons. The van der Waals surface area contributed by atoms with E-state index in [1.807, 2.05) is 0 Å². The lowest BCUT2D eigenvalue weighted by atomic mass is 10.1. The maximum atomic E-state index is 5.49. The van der Waals surface area contributed by atoms with E-state index in [0.29, 0.717) is 4.99 Å². The van der Waals surface area contributed by atoms with Crippen molar-refractivity contribution in [3.8, 4) is 0 Å². The lowest BCUT2D eigenvalue weighted by molar-refractivity contribution is 0.195. The van der Waals surface area contributed by atoms with Crippen molar-refractivity contribution >= 4 is 17.2 Å². The first-order chi connectivity index (χ1) is 7.15. The predicted molar refractivity (Wildman–Crippen MR) is 70.1 cm³/mol. The van der Waals surface area contributed by atoms with Gasteiger partial charge in [-0.3, -0.25) is 4.90 Å². The minimum absolute atomic E-state index is 0.663. The van der Waals surface area contributed by atoms with Crippen molar-refractivity contribution in [2.45, 2.75) is 64.5 Å². The van der Waals surface area contributed by atoms with Crippen LogP contribution in [-0.4, -0.2) is 28.5 Å². The third kappa shape index (κ3) is 4.07. The Morgan fingerprint density at radius 1 is 1.40 bits per heavy atom. The second kappa shape index (κ2) is 6.44. The van der Waals surface area contributed by atoms with Crippen LogP contribution in [0.1, 0.15) is 52.4 Å². The van der Waals surface area contributed by atoms with Gasteiger partial charge in [-0.1, -0.05) is 19.1 Å². The Balaban J connectivity index is 2.21. The fourth-order valence-electron chi connectivity index (χ4n) is 2.56. The number of hydrogen-bond acceptors (Lipinski definition) is 2. The smallest absolute Gasteiger partial charge is 0.0727 e. The third-order valence-electron chi connectivity index (χ3n) is 3.51. The van der Waals surface area contributed by atoms with Crippen molar-refractivity contribution in [2.75, 3.05) is 6.54 Å². The van der Waals surface area contributed by atoms with Crippen LogP contribution in [-0.2, 0) is 0 Å². The molecule has 1 aliphatic rings. The Morgan fingerprint density at radius 3 is 2.73 bits per heavy atom. The van der Waals surface area contributed by atoms with Gasteiger partial charge >= 0.3 is 0 Å². The molecule has 0 aromatic rings. The van der Waals surface area contributed by atoms with Crippen LogP contribution in [0.5, 0.6) is 0 Å². The van der Waals surface area contributed by atoms with Gasteiger partial charge < -0.3 is 5.73 Å². The van der Waals surface area contributed by atoms with E-state index < -0.39 is 0 Å². The quantitative estimate of drug-likeness (QED) is 0.560. The summed E-state index contributed by atoms with van der Waals surface area (Å²) in [5, 5.41) is 0. The number of thiocarbonyl (C=S) groups is 1. The van der Waals surface area contributed by atoms with Crippen LogP contribution < -0.4 is 5.73 Å². The first kappa shape index (κ1) is 12.9. The number of likely N-dealkylation sites (tertiary alicyclic amines) is 1. The largest absolute Gasteiger partial charge is 0.393 e. The standard InChI is InChI=1S/C12H24N2S/c1-3-11-8-7-10(2)14(11)9-5-4-6-12(13)15/h10-11H,3-9H2,1-2H3,(H2,13,15). The highest BCUT2D eigenvalue weighted by molar-refractivity contribution is 7.80. The fraction of sp³-hybridized carbons (Fsp3) is 0.917. The Bertz CT molecular complexity index is 206. The number of unbranched alkanes of at least 4 members (excludes halogenated alkanes) is 1. The molecule has 15 heavy (non-hydrogen) atoms. The topological polar surface area (TPSA) is 29.3 Å². The Hall–Kier alpha value is -0.150. The van der Waals surface area contributed by atoms with E-state index >= 15 is 0 Å². The van der Waals surface area contributed by atoms with Gasteiger partial charge in [0, 0.05) is 12.1 Å². The zero-order chi connectivity index (χ0) is 11.3. The van der Waals surface area contributed by atoms with E-state index in [1.54, 1.807) is 0 Å². The van der Waals surface area contributed by atoms with Crippen molar-refractivity contribution in [3.63, 3.8) is 0 Å². The number of hydrogen-bond donors (Lipinski definition) is 1. The zero-order valence-electron chi connectivity index (χ0n) is 10.0. The molecule has 2 N–H and O–H groups in total. The van der Waals surface area contributed by atoms with E-state index in [0.717, 1.165) is 24.9 Å². The minimum Gasteiger partial charge on any atom is -0.393 e. The van der Waals surface area contributed by atoms with Crippen molar-refractivity contribution in [2.24, 2.45) is 5.73 Å².